The van der Waals surface area contributed by atoms with Crippen LogP contribution < -0.4 is 0 Å². The van der Waals surface area contributed by atoms with Crippen LogP contribution in [-0.2, 0) is 0 Å². The summed E-state index contributed by atoms with van der Waals surface area (Å²) in [6.07, 6.45) is 3.44. The molecule has 158 valence electrons. The highest BCUT2D eigenvalue weighted by Crippen LogP contribution is 2.50. The van der Waals surface area contributed by atoms with Crippen molar-refractivity contribution in [1.29, 1.82) is 0 Å². The van der Waals surface area contributed by atoms with Crippen molar-refractivity contribution in [3.05, 3.63) is 70.8 Å². The van der Waals surface area contributed by atoms with Crippen molar-refractivity contribution in [2.75, 3.05) is 0 Å². The molecule has 0 bridgehead atoms. The molecular formula is C28H36OSi. The van der Waals surface area contributed by atoms with Gasteiger partial charge in [-0.05, 0) is 71.1 Å². The van der Waals surface area contributed by atoms with Gasteiger partial charge in [-0.15, -0.1) is 5.54 Å². The fourth-order valence-electron chi connectivity index (χ4n) is 5.00. The SMILES string of the molecule is CC1(C)CC(=C(c2ccc(O)cc2)c2ccc(C#C[Si](C)(C)C)cc2)CC(C)(C)C1. The van der Waals surface area contributed by atoms with Gasteiger partial charge in [-0.2, -0.15) is 0 Å². The van der Waals surface area contributed by atoms with E-state index in [1.165, 1.54) is 28.7 Å². The third-order valence-electron chi connectivity index (χ3n) is 5.61. The predicted molar refractivity (Wildman–Crippen MR) is 132 cm³/mol. The van der Waals surface area contributed by atoms with E-state index >= 15 is 0 Å². The Kier molecular flexibility index (Phi) is 6.07. The first-order valence-corrected chi connectivity index (χ1v) is 14.5. The molecule has 1 aliphatic carbocycles. The summed E-state index contributed by atoms with van der Waals surface area (Å²) in [6, 6.07) is 16.4. The lowest BCUT2D eigenvalue weighted by Gasteiger charge is -2.43. The summed E-state index contributed by atoms with van der Waals surface area (Å²) in [4.78, 5) is 0. The second-order valence-electron chi connectivity index (χ2n) is 11.5. The molecular weight excluding hydrogens is 380 g/mol. The van der Waals surface area contributed by atoms with Crippen molar-refractivity contribution in [3.63, 3.8) is 0 Å². The maximum Gasteiger partial charge on any atom is 0.129 e. The van der Waals surface area contributed by atoms with Crippen molar-refractivity contribution in [3.8, 4) is 17.2 Å². The van der Waals surface area contributed by atoms with Crippen LogP contribution in [0.1, 0.15) is 63.6 Å². The van der Waals surface area contributed by atoms with Gasteiger partial charge in [0.25, 0.3) is 0 Å². The molecule has 0 unspecified atom stereocenters. The first-order valence-electron chi connectivity index (χ1n) is 11.0. The molecule has 1 saturated carbocycles. The fraction of sp³-hybridized carbons (Fsp3) is 0.429. The minimum atomic E-state index is -1.39. The Morgan fingerprint density at radius 1 is 0.800 bits per heavy atom. The molecule has 0 spiro atoms. The monoisotopic (exact) mass is 416 g/mol. The summed E-state index contributed by atoms with van der Waals surface area (Å²) in [5.74, 6) is 3.68. The van der Waals surface area contributed by atoms with E-state index in [9.17, 15) is 5.11 Å². The first-order chi connectivity index (χ1) is 13.8. The van der Waals surface area contributed by atoms with Gasteiger partial charge in [0.05, 0.1) is 0 Å². The lowest BCUT2D eigenvalue weighted by atomic mass is 9.62. The van der Waals surface area contributed by atoms with Crippen LogP contribution in [0.25, 0.3) is 5.57 Å². The lowest BCUT2D eigenvalue weighted by Crippen LogP contribution is -2.30. The van der Waals surface area contributed by atoms with Crippen molar-refractivity contribution in [1.82, 2.24) is 0 Å². The van der Waals surface area contributed by atoms with Crippen LogP contribution in [0.2, 0.25) is 19.6 Å². The summed E-state index contributed by atoms with van der Waals surface area (Å²) < 4.78 is 0. The zero-order valence-electron chi connectivity index (χ0n) is 19.7. The summed E-state index contributed by atoms with van der Waals surface area (Å²) in [6.45, 7) is 16.4. The molecule has 2 heteroatoms. The summed E-state index contributed by atoms with van der Waals surface area (Å²) in [7, 11) is -1.39. The van der Waals surface area contributed by atoms with Gasteiger partial charge in [-0.1, -0.05) is 83.1 Å². The van der Waals surface area contributed by atoms with Gasteiger partial charge in [0.2, 0.25) is 0 Å². The maximum atomic E-state index is 9.82. The van der Waals surface area contributed by atoms with Crippen LogP contribution in [-0.4, -0.2) is 13.2 Å². The molecule has 0 atom stereocenters. The van der Waals surface area contributed by atoms with Gasteiger partial charge >= 0.3 is 0 Å². The number of phenols is 1. The van der Waals surface area contributed by atoms with E-state index in [-0.39, 0.29) is 10.8 Å². The predicted octanol–water partition coefficient (Wildman–Crippen LogP) is 7.66. The van der Waals surface area contributed by atoms with Gasteiger partial charge in [0.1, 0.15) is 13.8 Å². The molecule has 0 aromatic heterocycles. The highest BCUT2D eigenvalue weighted by atomic mass is 28.3. The molecule has 0 heterocycles. The second-order valence-corrected chi connectivity index (χ2v) is 16.2. The quantitative estimate of drug-likeness (QED) is 0.393. The molecule has 3 rings (SSSR count). The van der Waals surface area contributed by atoms with Crippen LogP contribution in [0.4, 0.5) is 0 Å². The Balaban J connectivity index is 2.11. The Bertz CT molecular complexity index is 970. The molecule has 0 amide bonds. The number of allylic oxidation sites excluding steroid dienone is 1. The number of phenolic OH excluding ortho intramolecular Hbond substituents is 1. The average molecular weight is 417 g/mol. The van der Waals surface area contributed by atoms with E-state index in [0.717, 1.165) is 18.4 Å². The number of rotatable bonds is 2. The van der Waals surface area contributed by atoms with Crippen LogP contribution in [0.3, 0.4) is 0 Å². The van der Waals surface area contributed by atoms with E-state index in [0.29, 0.717) is 5.75 Å². The summed E-state index contributed by atoms with van der Waals surface area (Å²) in [5, 5.41) is 9.82. The van der Waals surface area contributed by atoms with Crippen molar-refractivity contribution in [2.45, 2.75) is 66.6 Å². The topological polar surface area (TPSA) is 20.2 Å². The Hall–Kier alpha value is -2.24. The highest BCUT2D eigenvalue weighted by molar-refractivity contribution is 6.83. The molecule has 1 nitrogen and oxygen atoms in total. The van der Waals surface area contributed by atoms with Crippen molar-refractivity contribution < 1.29 is 5.11 Å². The number of hydrogen-bond donors (Lipinski definition) is 1. The average Bonchev–Trinajstić information content (AvgIpc) is 2.60. The van der Waals surface area contributed by atoms with Crippen LogP contribution >= 0.6 is 0 Å². The Morgan fingerprint density at radius 2 is 1.27 bits per heavy atom. The molecule has 1 fully saturated rings. The van der Waals surface area contributed by atoms with Gasteiger partial charge in [-0.25, -0.2) is 0 Å². The van der Waals surface area contributed by atoms with E-state index in [1.54, 1.807) is 12.1 Å². The standard InChI is InChI=1S/C28H36OSi/c1-27(2)18-24(19-28(3,4)20-27)26(23-12-14-25(29)15-13-23)22-10-8-21(9-11-22)16-17-30(5,6)7/h8-15,29H,18-20H2,1-7H3. The lowest BCUT2D eigenvalue weighted by molar-refractivity contribution is 0.154. The molecule has 0 saturated heterocycles. The van der Waals surface area contributed by atoms with Gasteiger partial charge in [0.15, 0.2) is 0 Å². The number of aromatic hydroxyl groups is 1. The molecule has 0 radical (unpaired) electrons. The molecule has 0 aliphatic heterocycles. The minimum Gasteiger partial charge on any atom is -0.508 e. The van der Waals surface area contributed by atoms with E-state index in [2.05, 4.69) is 83.1 Å². The zero-order valence-corrected chi connectivity index (χ0v) is 20.7. The van der Waals surface area contributed by atoms with Crippen LogP contribution in [0, 0.1) is 22.3 Å². The molecule has 1 aliphatic rings. The third kappa shape index (κ3) is 5.89. The van der Waals surface area contributed by atoms with Crippen molar-refractivity contribution in [2.24, 2.45) is 10.8 Å². The van der Waals surface area contributed by atoms with E-state index < -0.39 is 8.07 Å². The molecule has 2 aromatic rings. The molecule has 30 heavy (non-hydrogen) atoms. The zero-order chi connectivity index (χ0) is 22.2. The minimum absolute atomic E-state index is 0.280. The van der Waals surface area contributed by atoms with E-state index in [1.807, 2.05) is 12.1 Å². The summed E-state index contributed by atoms with van der Waals surface area (Å²) >= 11 is 0. The molecule has 1 N–H and O–H groups in total. The molecule has 2 aromatic carbocycles. The van der Waals surface area contributed by atoms with Crippen LogP contribution in [0.15, 0.2) is 54.1 Å². The van der Waals surface area contributed by atoms with Gasteiger partial charge in [0, 0.05) is 5.56 Å². The third-order valence-corrected chi connectivity index (χ3v) is 6.48. The van der Waals surface area contributed by atoms with E-state index in [4.69, 9.17) is 0 Å². The Morgan fingerprint density at radius 3 is 1.73 bits per heavy atom. The smallest absolute Gasteiger partial charge is 0.129 e. The fourth-order valence-corrected chi connectivity index (χ4v) is 5.52. The number of benzene rings is 2. The number of hydrogen-bond acceptors (Lipinski definition) is 1. The Labute approximate surface area is 184 Å². The van der Waals surface area contributed by atoms with Gasteiger partial charge in [-0.3, -0.25) is 0 Å². The first kappa shape index (κ1) is 22.4. The normalized spacial score (nSPS) is 17.8. The van der Waals surface area contributed by atoms with Gasteiger partial charge < -0.3 is 5.11 Å². The highest BCUT2D eigenvalue weighted by Gasteiger charge is 2.37. The summed E-state index contributed by atoms with van der Waals surface area (Å²) in [5.41, 5.74) is 10.4. The maximum absolute atomic E-state index is 9.82. The largest absolute Gasteiger partial charge is 0.508 e. The van der Waals surface area contributed by atoms with Crippen molar-refractivity contribution >= 4 is 13.6 Å². The van der Waals surface area contributed by atoms with Crippen LogP contribution in [0.5, 0.6) is 5.75 Å². The second kappa shape index (κ2) is 8.12.